The third kappa shape index (κ3) is 2.54. The van der Waals surface area contributed by atoms with Crippen LogP contribution in [0.1, 0.15) is 0 Å². The van der Waals surface area contributed by atoms with E-state index in [4.69, 9.17) is 10.8 Å². The van der Waals surface area contributed by atoms with Gasteiger partial charge in [0.25, 0.3) is 11.1 Å². The van der Waals surface area contributed by atoms with Crippen LogP contribution in [0.5, 0.6) is 0 Å². The predicted molar refractivity (Wildman–Crippen MR) is 159 cm³/mol. The summed E-state index contributed by atoms with van der Waals surface area (Å²) >= 11 is 0. The molecule has 9 rings (SSSR count). The Kier molecular flexibility index (Phi) is 3.94. The molecule has 4 aromatic heterocycles. The maximum absolute atomic E-state index is 13.9. The summed E-state index contributed by atoms with van der Waals surface area (Å²) in [4.78, 5) is 64.2. The van der Waals surface area contributed by atoms with Crippen LogP contribution in [0.3, 0.4) is 0 Å². The lowest BCUT2D eigenvalue weighted by Crippen LogP contribution is -2.34. The topological polar surface area (TPSA) is 151 Å². The first kappa shape index (κ1) is 22.6. The maximum Gasteiger partial charge on any atom is 0.271 e. The molecule has 4 heterocycles. The normalized spacial score (nSPS) is 12.4. The Labute approximate surface area is 230 Å². The summed E-state index contributed by atoms with van der Waals surface area (Å²) in [7, 11) is 0. The zero-order valence-electron chi connectivity index (χ0n) is 21.4. The van der Waals surface area contributed by atoms with Crippen LogP contribution in [0, 0.1) is 10.8 Å². The van der Waals surface area contributed by atoms with E-state index in [1.54, 1.807) is 24.3 Å². The molecule has 5 aromatic carbocycles. The van der Waals surface area contributed by atoms with Crippen LogP contribution in [-0.4, -0.2) is 18.8 Å². The van der Waals surface area contributed by atoms with Crippen LogP contribution >= 0.6 is 0 Å². The molecule has 42 heavy (non-hydrogen) atoms. The minimum Gasteiger partial charge on any atom is -0.287 e. The minimum absolute atomic E-state index is 0.0511. The molecule has 0 saturated heterocycles. The summed E-state index contributed by atoms with van der Waals surface area (Å²) in [6.07, 6.45) is 0. The van der Waals surface area contributed by atoms with Crippen molar-refractivity contribution in [1.29, 1.82) is 10.8 Å². The van der Waals surface area contributed by atoms with E-state index < -0.39 is 43.8 Å². The van der Waals surface area contributed by atoms with Crippen LogP contribution in [0.25, 0.3) is 76.2 Å². The number of hydrogen-bond donors (Lipinski definition) is 2. The standard InChI is InChI=1S/C32H14N6O4/c33-27-17-9-13-5-1-3-7-15(13)11-19(17)29-35-23-21(31(41)37(27)29)25(39)24-22(26(23)40)32(42)38-28(34)18-10-14-6-2-4-8-16(14)12-20(18)30(38)36-24/h1-12,33-34H. The first-order chi connectivity index (χ1) is 20.3. The Morgan fingerprint density at radius 1 is 0.500 bits per heavy atom. The van der Waals surface area contributed by atoms with Gasteiger partial charge in [-0.05, 0) is 45.8 Å². The molecule has 10 nitrogen and oxygen atoms in total. The SMILES string of the molecule is N=c1c2cc3ccccc3cc2c2nc3c(=O)c4c(=O)n5c(=N)c6cc7ccccc7cc6c5nc4c(=O)c3c(=O)n12. The van der Waals surface area contributed by atoms with Crippen LogP contribution in [0.4, 0.5) is 0 Å². The summed E-state index contributed by atoms with van der Waals surface area (Å²) in [5, 5.41) is 21.7. The van der Waals surface area contributed by atoms with Gasteiger partial charge >= 0.3 is 0 Å². The largest absolute Gasteiger partial charge is 0.287 e. The van der Waals surface area contributed by atoms with E-state index in [-0.39, 0.29) is 22.3 Å². The van der Waals surface area contributed by atoms with E-state index in [2.05, 4.69) is 9.97 Å². The highest BCUT2D eigenvalue weighted by Gasteiger charge is 2.25. The highest BCUT2D eigenvalue weighted by molar-refractivity contribution is 6.08. The molecule has 9 aromatic rings. The molecule has 0 amide bonds. The smallest absolute Gasteiger partial charge is 0.271 e. The summed E-state index contributed by atoms with van der Waals surface area (Å²) in [6, 6.07) is 22.1. The van der Waals surface area contributed by atoms with Gasteiger partial charge in [-0.3, -0.25) is 30.0 Å². The molecule has 0 fully saturated rings. The number of hydrogen-bond acceptors (Lipinski definition) is 8. The zero-order chi connectivity index (χ0) is 28.6. The average Bonchev–Trinajstić information content (AvgIpc) is 3.43. The first-order valence-corrected chi connectivity index (χ1v) is 13.0. The van der Waals surface area contributed by atoms with E-state index in [0.29, 0.717) is 21.5 Å². The molecule has 0 aliphatic rings. The molecule has 0 radical (unpaired) electrons. The predicted octanol–water partition coefficient (Wildman–Crippen LogP) is 2.61. The summed E-state index contributed by atoms with van der Waals surface area (Å²) < 4.78 is 2.05. The average molecular weight is 547 g/mol. The van der Waals surface area contributed by atoms with Gasteiger partial charge < -0.3 is 0 Å². The van der Waals surface area contributed by atoms with Crippen molar-refractivity contribution in [3.63, 3.8) is 0 Å². The van der Waals surface area contributed by atoms with Gasteiger partial charge in [-0.15, -0.1) is 0 Å². The molecule has 0 unspecified atom stereocenters. The molecule has 0 spiro atoms. The fourth-order valence-corrected chi connectivity index (χ4v) is 6.28. The molecular formula is C32H14N6O4. The second-order valence-electron chi connectivity index (χ2n) is 10.4. The molecule has 0 atom stereocenters. The second-order valence-corrected chi connectivity index (χ2v) is 10.4. The second kappa shape index (κ2) is 7.32. The van der Waals surface area contributed by atoms with Crippen LogP contribution in [0.2, 0.25) is 0 Å². The van der Waals surface area contributed by atoms with Gasteiger partial charge in [-0.25, -0.2) is 18.8 Å². The number of rotatable bonds is 0. The van der Waals surface area contributed by atoms with Gasteiger partial charge in [-0.2, -0.15) is 0 Å². The molecule has 2 N–H and O–H groups in total. The van der Waals surface area contributed by atoms with Crippen molar-refractivity contribution in [2.75, 3.05) is 0 Å². The van der Waals surface area contributed by atoms with Gasteiger partial charge in [0.05, 0.1) is 0 Å². The van der Waals surface area contributed by atoms with Crippen LogP contribution in [-0.2, 0) is 0 Å². The Morgan fingerprint density at radius 2 is 0.833 bits per heavy atom. The minimum atomic E-state index is -0.914. The van der Waals surface area contributed by atoms with Crippen molar-refractivity contribution in [3.05, 3.63) is 125 Å². The molecule has 196 valence electrons. The van der Waals surface area contributed by atoms with Gasteiger partial charge in [0, 0.05) is 21.5 Å². The molecule has 0 saturated carbocycles. The van der Waals surface area contributed by atoms with Crippen molar-refractivity contribution in [2.24, 2.45) is 0 Å². The molecule has 10 heteroatoms. The number of fused-ring (bicyclic) bond motifs is 10. The number of benzene rings is 5. The monoisotopic (exact) mass is 546 g/mol. The quantitative estimate of drug-likeness (QED) is 0.279. The van der Waals surface area contributed by atoms with E-state index in [9.17, 15) is 19.2 Å². The van der Waals surface area contributed by atoms with Crippen molar-refractivity contribution in [1.82, 2.24) is 18.8 Å². The van der Waals surface area contributed by atoms with Gasteiger partial charge in [0.1, 0.15) is 44.1 Å². The van der Waals surface area contributed by atoms with E-state index >= 15 is 0 Å². The highest BCUT2D eigenvalue weighted by atomic mass is 16.2. The highest BCUT2D eigenvalue weighted by Crippen LogP contribution is 2.26. The van der Waals surface area contributed by atoms with Gasteiger partial charge in [0.2, 0.25) is 10.9 Å². The van der Waals surface area contributed by atoms with Gasteiger partial charge in [0.15, 0.2) is 0 Å². The Balaban J connectivity index is 1.51. The molecule has 0 aliphatic carbocycles. The lowest BCUT2D eigenvalue weighted by Gasteiger charge is -2.03. The zero-order valence-corrected chi connectivity index (χ0v) is 21.4. The maximum atomic E-state index is 13.9. The van der Waals surface area contributed by atoms with Gasteiger partial charge in [-0.1, -0.05) is 48.5 Å². The lowest BCUT2D eigenvalue weighted by molar-refractivity contribution is 0.990. The van der Waals surface area contributed by atoms with Crippen molar-refractivity contribution < 1.29 is 0 Å². The summed E-state index contributed by atoms with van der Waals surface area (Å²) in [5.74, 6) is 0. The van der Waals surface area contributed by atoms with Crippen LogP contribution < -0.4 is 33.0 Å². The van der Waals surface area contributed by atoms with E-state index in [1.807, 2.05) is 48.5 Å². The molecule has 0 bridgehead atoms. The van der Waals surface area contributed by atoms with Crippen molar-refractivity contribution in [2.45, 2.75) is 0 Å². The van der Waals surface area contributed by atoms with E-state index in [1.165, 1.54) is 0 Å². The Morgan fingerprint density at radius 3 is 1.19 bits per heavy atom. The Bertz CT molecular complexity index is 2890. The third-order valence-corrected chi connectivity index (χ3v) is 8.26. The Hall–Kier alpha value is -6.16. The lowest BCUT2D eigenvalue weighted by atomic mass is 10.1. The molecule has 0 aliphatic heterocycles. The van der Waals surface area contributed by atoms with E-state index in [0.717, 1.165) is 30.3 Å². The summed E-state index contributed by atoms with van der Waals surface area (Å²) in [6.45, 7) is 0. The number of nitrogens with one attached hydrogen (secondary N) is 2. The third-order valence-electron chi connectivity index (χ3n) is 8.26. The van der Waals surface area contributed by atoms with Crippen molar-refractivity contribution in [3.8, 4) is 0 Å². The molecular weight excluding hydrogens is 532 g/mol. The number of aromatic nitrogens is 4. The summed E-state index contributed by atoms with van der Waals surface area (Å²) in [5.41, 5.74) is -4.69. The fraction of sp³-hybridized carbons (Fsp3) is 0. The van der Waals surface area contributed by atoms with Crippen LogP contribution in [0.15, 0.2) is 92.0 Å². The fourth-order valence-electron chi connectivity index (χ4n) is 6.28. The number of nitrogens with zero attached hydrogens (tertiary/aromatic N) is 4. The first-order valence-electron chi connectivity index (χ1n) is 13.0. The van der Waals surface area contributed by atoms with Crippen molar-refractivity contribution >= 4 is 76.2 Å².